The first kappa shape index (κ1) is 13.5. The molecule has 1 saturated heterocycles. The Morgan fingerprint density at radius 2 is 1.95 bits per heavy atom. The van der Waals surface area contributed by atoms with E-state index < -0.39 is 0 Å². The highest BCUT2D eigenvalue weighted by Gasteiger charge is 2.12. The fraction of sp³-hybridized carbons (Fsp3) is 0.429. The van der Waals surface area contributed by atoms with Gasteiger partial charge >= 0.3 is 0 Å². The lowest BCUT2D eigenvalue weighted by molar-refractivity contribution is 0.234. The maximum absolute atomic E-state index is 5.87. The molecule has 1 fully saturated rings. The number of hydrogen-bond donors (Lipinski definition) is 1. The molecule has 0 atom stereocenters. The summed E-state index contributed by atoms with van der Waals surface area (Å²) >= 11 is 5.87. The lowest BCUT2D eigenvalue weighted by Crippen LogP contribution is -2.44. The first-order valence-corrected chi connectivity index (χ1v) is 7.21. The van der Waals surface area contributed by atoms with E-state index in [0.717, 1.165) is 44.7 Å². The summed E-state index contributed by atoms with van der Waals surface area (Å²) in [6, 6.07) is 7.45. The molecule has 5 nitrogen and oxygen atoms in total. The lowest BCUT2D eigenvalue weighted by atomic mass is 10.2. The van der Waals surface area contributed by atoms with Crippen LogP contribution in [0.25, 0.3) is 11.4 Å². The van der Waals surface area contributed by atoms with Crippen LogP contribution < -0.4 is 5.32 Å². The number of benzene rings is 1. The van der Waals surface area contributed by atoms with Gasteiger partial charge in [0.1, 0.15) is 0 Å². The SMILES string of the molecule is Clc1ccc(-c2noc(CCN3CCNCC3)n2)cc1. The molecule has 0 unspecified atom stereocenters. The van der Waals surface area contributed by atoms with Gasteiger partial charge in [0.2, 0.25) is 11.7 Å². The van der Waals surface area contributed by atoms with Crippen molar-refractivity contribution in [3.8, 4) is 11.4 Å². The molecule has 106 valence electrons. The molecule has 2 aromatic rings. The first-order chi connectivity index (χ1) is 9.81. The van der Waals surface area contributed by atoms with Crippen LogP contribution in [0.1, 0.15) is 5.89 Å². The van der Waals surface area contributed by atoms with E-state index in [4.69, 9.17) is 16.1 Å². The zero-order valence-corrected chi connectivity index (χ0v) is 11.9. The van der Waals surface area contributed by atoms with E-state index >= 15 is 0 Å². The minimum Gasteiger partial charge on any atom is -0.339 e. The molecule has 1 aliphatic rings. The topological polar surface area (TPSA) is 54.2 Å². The van der Waals surface area contributed by atoms with Crippen molar-refractivity contribution in [3.63, 3.8) is 0 Å². The van der Waals surface area contributed by atoms with Crippen molar-refractivity contribution >= 4 is 11.6 Å². The Balaban J connectivity index is 1.60. The Labute approximate surface area is 122 Å². The summed E-state index contributed by atoms with van der Waals surface area (Å²) in [6.45, 7) is 5.24. The van der Waals surface area contributed by atoms with E-state index in [1.807, 2.05) is 24.3 Å². The summed E-state index contributed by atoms with van der Waals surface area (Å²) in [5, 5.41) is 8.06. The van der Waals surface area contributed by atoms with Crippen molar-refractivity contribution in [2.45, 2.75) is 6.42 Å². The molecule has 0 bridgehead atoms. The largest absolute Gasteiger partial charge is 0.339 e. The number of hydrogen-bond acceptors (Lipinski definition) is 5. The summed E-state index contributed by atoms with van der Waals surface area (Å²) in [4.78, 5) is 6.84. The number of aromatic nitrogens is 2. The second-order valence-electron chi connectivity index (χ2n) is 4.86. The van der Waals surface area contributed by atoms with Gasteiger partial charge in [-0.1, -0.05) is 16.8 Å². The van der Waals surface area contributed by atoms with Crippen molar-refractivity contribution < 1.29 is 4.52 Å². The fourth-order valence-corrected chi connectivity index (χ4v) is 2.39. The normalized spacial score (nSPS) is 16.4. The Morgan fingerprint density at radius 1 is 1.20 bits per heavy atom. The quantitative estimate of drug-likeness (QED) is 0.932. The molecule has 2 heterocycles. The molecule has 6 heteroatoms. The van der Waals surface area contributed by atoms with Gasteiger partial charge in [0, 0.05) is 49.7 Å². The van der Waals surface area contributed by atoms with Crippen LogP contribution in [0.15, 0.2) is 28.8 Å². The van der Waals surface area contributed by atoms with Gasteiger partial charge in [-0.15, -0.1) is 0 Å². The second kappa shape index (κ2) is 6.35. The zero-order chi connectivity index (χ0) is 13.8. The van der Waals surface area contributed by atoms with E-state index in [1.165, 1.54) is 0 Å². The van der Waals surface area contributed by atoms with Gasteiger partial charge in [0.25, 0.3) is 0 Å². The molecule has 20 heavy (non-hydrogen) atoms. The van der Waals surface area contributed by atoms with E-state index in [9.17, 15) is 0 Å². The van der Waals surface area contributed by atoms with Crippen molar-refractivity contribution in [1.82, 2.24) is 20.4 Å². The molecule has 0 aliphatic carbocycles. The van der Waals surface area contributed by atoms with Crippen LogP contribution in [0.4, 0.5) is 0 Å². The number of halogens is 1. The Hall–Kier alpha value is -1.43. The lowest BCUT2D eigenvalue weighted by Gasteiger charge is -2.26. The molecular weight excluding hydrogens is 276 g/mol. The number of piperazine rings is 1. The standard InChI is InChI=1S/C14H17ClN4O/c15-12-3-1-11(2-4-12)14-17-13(20-18-14)5-8-19-9-6-16-7-10-19/h1-4,16H,5-10H2. The third kappa shape index (κ3) is 3.36. The van der Waals surface area contributed by atoms with Crippen molar-refractivity contribution in [3.05, 3.63) is 35.2 Å². The minimum absolute atomic E-state index is 0.622. The summed E-state index contributed by atoms with van der Waals surface area (Å²) in [5.74, 6) is 1.31. The Kier molecular flexibility index (Phi) is 4.30. The van der Waals surface area contributed by atoms with Crippen LogP contribution >= 0.6 is 11.6 Å². The average molecular weight is 293 g/mol. The summed E-state index contributed by atoms with van der Waals surface area (Å²) < 4.78 is 5.30. The van der Waals surface area contributed by atoms with Gasteiger partial charge in [0.15, 0.2) is 0 Å². The second-order valence-corrected chi connectivity index (χ2v) is 5.30. The van der Waals surface area contributed by atoms with E-state index in [2.05, 4.69) is 20.4 Å². The van der Waals surface area contributed by atoms with Crippen LogP contribution in [0.2, 0.25) is 5.02 Å². The molecule has 0 radical (unpaired) electrons. The predicted molar refractivity (Wildman–Crippen MR) is 77.8 cm³/mol. The molecule has 1 aliphatic heterocycles. The smallest absolute Gasteiger partial charge is 0.228 e. The van der Waals surface area contributed by atoms with Gasteiger partial charge in [0.05, 0.1) is 0 Å². The molecule has 0 saturated carbocycles. The predicted octanol–water partition coefficient (Wildman–Crippen LogP) is 1.84. The molecule has 1 aromatic heterocycles. The zero-order valence-electron chi connectivity index (χ0n) is 11.2. The summed E-state index contributed by atoms with van der Waals surface area (Å²) in [7, 11) is 0. The van der Waals surface area contributed by atoms with Gasteiger partial charge in [-0.2, -0.15) is 4.98 Å². The highest BCUT2D eigenvalue weighted by Crippen LogP contribution is 2.18. The van der Waals surface area contributed by atoms with Crippen LogP contribution in [0, 0.1) is 0 Å². The third-order valence-electron chi connectivity index (χ3n) is 3.42. The molecule has 1 aromatic carbocycles. The van der Waals surface area contributed by atoms with Gasteiger partial charge in [-0.25, -0.2) is 0 Å². The first-order valence-electron chi connectivity index (χ1n) is 6.83. The highest BCUT2D eigenvalue weighted by molar-refractivity contribution is 6.30. The van der Waals surface area contributed by atoms with E-state index in [0.29, 0.717) is 16.7 Å². The van der Waals surface area contributed by atoms with Gasteiger partial charge in [-0.3, -0.25) is 0 Å². The maximum Gasteiger partial charge on any atom is 0.228 e. The van der Waals surface area contributed by atoms with Crippen LogP contribution in [-0.4, -0.2) is 47.8 Å². The van der Waals surface area contributed by atoms with Gasteiger partial charge in [-0.05, 0) is 24.3 Å². The fourth-order valence-electron chi connectivity index (χ4n) is 2.26. The monoisotopic (exact) mass is 292 g/mol. The molecule has 0 spiro atoms. The Bertz CT molecular complexity index is 549. The molecule has 0 amide bonds. The van der Waals surface area contributed by atoms with E-state index in [1.54, 1.807) is 0 Å². The van der Waals surface area contributed by atoms with Crippen molar-refractivity contribution in [2.24, 2.45) is 0 Å². The number of rotatable bonds is 4. The Morgan fingerprint density at radius 3 is 2.70 bits per heavy atom. The minimum atomic E-state index is 0.622. The molecule has 1 N–H and O–H groups in total. The average Bonchev–Trinajstić information content (AvgIpc) is 2.96. The van der Waals surface area contributed by atoms with Gasteiger partial charge < -0.3 is 14.7 Å². The third-order valence-corrected chi connectivity index (χ3v) is 3.67. The molecule has 3 rings (SSSR count). The number of nitrogens with one attached hydrogen (secondary N) is 1. The van der Waals surface area contributed by atoms with Crippen LogP contribution in [0.5, 0.6) is 0 Å². The van der Waals surface area contributed by atoms with Crippen molar-refractivity contribution in [1.29, 1.82) is 0 Å². The highest BCUT2D eigenvalue weighted by atomic mass is 35.5. The summed E-state index contributed by atoms with van der Waals surface area (Å²) in [6.07, 6.45) is 0.792. The molecular formula is C14H17ClN4O. The summed E-state index contributed by atoms with van der Waals surface area (Å²) in [5.41, 5.74) is 0.923. The number of nitrogens with zero attached hydrogens (tertiary/aromatic N) is 3. The van der Waals surface area contributed by atoms with Crippen molar-refractivity contribution in [2.75, 3.05) is 32.7 Å². The maximum atomic E-state index is 5.87. The van der Waals surface area contributed by atoms with Crippen LogP contribution in [0.3, 0.4) is 0 Å². The van der Waals surface area contributed by atoms with E-state index in [-0.39, 0.29) is 0 Å². The van der Waals surface area contributed by atoms with Crippen LogP contribution in [-0.2, 0) is 6.42 Å².